The molecule has 0 spiro atoms. The Kier molecular flexibility index (Phi) is 9.88. The van der Waals surface area contributed by atoms with Crippen LogP contribution in [0.2, 0.25) is 0 Å². The van der Waals surface area contributed by atoms with Crippen LogP contribution >= 0.6 is 0 Å². The first-order chi connectivity index (χ1) is 15.2. The van der Waals surface area contributed by atoms with E-state index in [2.05, 4.69) is 28.2 Å². The molecule has 6 heteroatoms. The van der Waals surface area contributed by atoms with Crippen molar-refractivity contribution in [2.24, 2.45) is 0 Å². The Hall–Kier alpha value is -2.70. The topological polar surface area (TPSA) is 52.6 Å². The number of para-hydroxylation sites is 2. The molecule has 0 unspecified atom stereocenters. The van der Waals surface area contributed by atoms with Crippen LogP contribution in [0.25, 0.3) is 0 Å². The lowest BCUT2D eigenvalue weighted by atomic mass is 10.1. The SMILES string of the molecule is C[N+](C)(CCCCCC[N+](C)(C)CC(=O)Oc1ccccc1)CC(=O)Oc1ccccc1. The molecule has 0 radical (unpaired) electrons. The van der Waals surface area contributed by atoms with Gasteiger partial charge in [0.15, 0.2) is 13.1 Å². The van der Waals surface area contributed by atoms with Crippen molar-refractivity contribution < 1.29 is 28.0 Å². The monoisotopic (exact) mass is 442 g/mol. The van der Waals surface area contributed by atoms with E-state index < -0.39 is 0 Å². The van der Waals surface area contributed by atoms with Crippen molar-refractivity contribution in [1.82, 2.24) is 0 Å². The van der Waals surface area contributed by atoms with Crippen LogP contribution in [0.5, 0.6) is 11.5 Å². The third kappa shape index (κ3) is 10.6. The summed E-state index contributed by atoms with van der Waals surface area (Å²) in [6.45, 7) is 2.54. The summed E-state index contributed by atoms with van der Waals surface area (Å²) in [5.74, 6) is 0.766. The molecule has 0 saturated heterocycles. The smallest absolute Gasteiger partial charge is 0.367 e. The van der Waals surface area contributed by atoms with E-state index in [4.69, 9.17) is 9.47 Å². The van der Waals surface area contributed by atoms with Gasteiger partial charge in [0.25, 0.3) is 0 Å². The molecule has 0 bridgehead atoms. The average molecular weight is 443 g/mol. The van der Waals surface area contributed by atoms with Crippen molar-refractivity contribution in [1.29, 1.82) is 0 Å². The summed E-state index contributed by atoms with van der Waals surface area (Å²) in [5.41, 5.74) is 0. The third-order valence-electron chi connectivity index (χ3n) is 5.34. The Morgan fingerprint density at radius 1 is 0.594 bits per heavy atom. The quantitative estimate of drug-likeness (QED) is 0.204. The zero-order valence-electron chi connectivity index (χ0n) is 20.0. The van der Waals surface area contributed by atoms with E-state index in [1.54, 1.807) is 24.3 Å². The lowest BCUT2D eigenvalue weighted by Gasteiger charge is -2.29. The highest BCUT2D eigenvalue weighted by atomic mass is 16.5. The second-order valence-electron chi connectivity index (χ2n) is 9.62. The number of benzene rings is 2. The fourth-order valence-electron chi connectivity index (χ4n) is 3.59. The van der Waals surface area contributed by atoms with Crippen molar-refractivity contribution in [3.05, 3.63) is 60.7 Å². The number of esters is 2. The lowest BCUT2D eigenvalue weighted by Crippen LogP contribution is -2.46. The fourth-order valence-corrected chi connectivity index (χ4v) is 3.59. The summed E-state index contributed by atoms with van der Waals surface area (Å²) >= 11 is 0. The number of ether oxygens (including phenoxy) is 2. The second kappa shape index (κ2) is 12.4. The Balaban J connectivity index is 1.59. The Morgan fingerprint density at radius 3 is 1.28 bits per heavy atom. The summed E-state index contributed by atoms with van der Waals surface area (Å²) in [6.07, 6.45) is 4.30. The zero-order valence-corrected chi connectivity index (χ0v) is 20.0. The Morgan fingerprint density at radius 2 is 0.938 bits per heavy atom. The van der Waals surface area contributed by atoms with Crippen LogP contribution in [0.15, 0.2) is 60.7 Å². The minimum absolute atomic E-state index is 0.206. The summed E-state index contributed by atoms with van der Waals surface area (Å²) in [4.78, 5) is 24.4. The number of hydrogen-bond acceptors (Lipinski definition) is 4. The van der Waals surface area contributed by atoms with Crippen molar-refractivity contribution in [2.75, 3.05) is 54.4 Å². The number of likely N-dealkylation sites (N-methyl/N-ethyl adjacent to an activating group) is 2. The van der Waals surface area contributed by atoms with E-state index in [1.165, 1.54) is 0 Å². The maximum absolute atomic E-state index is 12.2. The van der Waals surface area contributed by atoms with Crippen LogP contribution in [-0.2, 0) is 9.59 Å². The lowest BCUT2D eigenvalue weighted by molar-refractivity contribution is -0.883. The number of carbonyl (C=O) groups is 2. The van der Waals surface area contributed by atoms with Gasteiger partial charge >= 0.3 is 11.9 Å². The maximum atomic E-state index is 12.2. The fraction of sp³-hybridized carbons (Fsp3) is 0.462. The Labute approximate surface area is 192 Å². The van der Waals surface area contributed by atoms with Gasteiger partial charge in [0.05, 0.1) is 41.3 Å². The van der Waals surface area contributed by atoms with Crippen molar-refractivity contribution in [3.63, 3.8) is 0 Å². The first-order valence-electron chi connectivity index (χ1n) is 11.3. The van der Waals surface area contributed by atoms with Crippen LogP contribution < -0.4 is 9.47 Å². The number of carbonyl (C=O) groups excluding carboxylic acids is 2. The normalized spacial score (nSPS) is 11.8. The predicted octanol–water partition coefficient (Wildman–Crippen LogP) is 3.91. The van der Waals surface area contributed by atoms with E-state index in [0.717, 1.165) is 38.8 Å². The molecule has 2 rings (SSSR count). The van der Waals surface area contributed by atoms with Crippen LogP contribution in [0, 0.1) is 0 Å². The molecule has 32 heavy (non-hydrogen) atoms. The molecule has 0 N–H and O–H groups in total. The molecular weight excluding hydrogens is 404 g/mol. The van der Waals surface area contributed by atoms with E-state index in [0.29, 0.717) is 33.6 Å². The standard InChI is InChI=1S/C26H38N2O4/c1-27(2,21-25(29)31-23-15-9-7-10-16-23)19-13-5-6-14-20-28(3,4)22-26(30)32-24-17-11-8-12-18-24/h7-12,15-18H,5-6,13-14,19-22H2,1-4H3/q+2. The average Bonchev–Trinajstić information content (AvgIpc) is 2.71. The van der Waals surface area contributed by atoms with Gasteiger partial charge in [-0.1, -0.05) is 36.4 Å². The molecule has 0 amide bonds. The van der Waals surface area contributed by atoms with Gasteiger partial charge in [-0.05, 0) is 49.9 Å². The highest BCUT2D eigenvalue weighted by molar-refractivity contribution is 5.73. The van der Waals surface area contributed by atoms with Gasteiger partial charge in [-0.15, -0.1) is 0 Å². The maximum Gasteiger partial charge on any atom is 0.367 e. The van der Waals surface area contributed by atoms with Crippen molar-refractivity contribution in [3.8, 4) is 11.5 Å². The molecule has 2 aromatic carbocycles. The number of hydrogen-bond donors (Lipinski definition) is 0. The Bertz CT molecular complexity index is 764. The van der Waals surface area contributed by atoms with Gasteiger partial charge in [0.1, 0.15) is 11.5 Å². The molecule has 6 nitrogen and oxygen atoms in total. The molecule has 2 aromatic rings. The van der Waals surface area contributed by atoms with Crippen LogP contribution in [-0.4, -0.2) is 75.3 Å². The zero-order chi connectivity index (χ0) is 23.5. The summed E-state index contributed by atoms with van der Waals surface area (Å²) in [6, 6.07) is 18.4. The van der Waals surface area contributed by atoms with Gasteiger partial charge in [-0.3, -0.25) is 0 Å². The number of nitrogens with zero attached hydrogens (tertiary/aromatic N) is 2. The van der Waals surface area contributed by atoms with E-state index >= 15 is 0 Å². The molecule has 0 aliphatic heterocycles. The molecule has 0 saturated carbocycles. The number of rotatable bonds is 13. The summed E-state index contributed by atoms with van der Waals surface area (Å²) in [7, 11) is 8.24. The van der Waals surface area contributed by atoms with Gasteiger partial charge in [0.2, 0.25) is 0 Å². The van der Waals surface area contributed by atoms with Crippen LogP contribution in [0.3, 0.4) is 0 Å². The second-order valence-corrected chi connectivity index (χ2v) is 9.62. The van der Waals surface area contributed by atoms with E-state index in [-0.39, 0.29) is 11.9 Å². The van der Waals surface area contributed by atoms with Crippen LogP contribution in [0.4, 0.5) is 0 Å². The van der Waals surface area contributed by atoms with E-state index in [9.17, 15) is 9.59 Å². The number of quaternary nitrogens is 2. The third-order valence-corrected chi connectivity index (χ3v) is 5.34. The first kappa shape index (κ1) is 25.6. The summed E-state index contributed by atoms with van der Waals surface area (Å²) in [5, 5.41) is 0. The van der Waals surface area contributed by atoms with Gasteiger partial charge < -0.3 is 18.4 Å². The largest absolute Gasteiger partial charge is 0.422 e. The minimum atomic E-state index is -0.206. The molecule has 0 heterocycles. The molecule has 0 aliphatic carbocycles. The van der Waals surface area contributed by atoms with Crippen molar-refractivity contribution in [2.45, 2.75) is 25.7 Å². The van der Waals surface area contributed by atoms with Gasteiger partial charge in [-0.2, -0.15) is 0 Å². The first-order valence-corrected chi connectivity index (χ1v) is 11.3. The molecule has 0 atom stereocenters. The van der Waals surface area contributed by atoms with E-state index in [1.807, 2.05) is 36.4 Å². The minimum Gasteiger partial charge on any atom is -0.422 e. The predicted molar refractivity (Wildman–Crippen MR) is 126 cm³/mol. The highest BCUT2D eigenvalue weighted by Crippen LogP contribution is 2.13. The van der Waals surface area contributed by atoms with Gasteiger partial charge in [0, 0.05) is 0 Å². The number of unbranched alkanes of at least 4 members (excludes halogenated alkanes) is 3. The van der Waals surface area contributed by atoms with Crippen LogP contribution in [0.1, 0.15) is 25.7 Å². The molecule has 0 fully saturated rings. The molecule has 174 valence electrons. The highest BCUT2D eigenvalue weighted by Gasteiger charge is 2.23. The molecule has 0 aromatic heterocycles. The summed E-state index contributed by atoms with van der Waals surface area (Å²) < 4.78 is 12.0. The molecule has 0 aliphatic rings. The van der Waals surface area contributed by atoms with Crippen molar-refractivity contribution >= 4 is 11.9 Å². The van der Waals surface area contributed by atoms with Gasteiger partial charge in [-0.25, -0.2) is 9.59 Å². The molecular formula is C26H38N2O4+2.